The molecule has 3 heterocycles. The number of ether oxygens (including phenoxy) is 1. The van der Waals surface area contributed by atoms with Crippen molar-refractivity contribution in [3.63, 3.8) is 0 Å². The molecule has 0 saturated carbocycles. The van der Waals surface area contributed by atoms with Gasteiger partial charge in [-0.25, -0.2) is 9.97 Å². The summed E-state index contributed by atoms with van der Waals surface area (Å²) in [4.78, 5) is 11.6. The molecule has 1 fully saturated rings. The van der Waals surface area contributed by atoms with Crippen LogP contribution in [0.4, 0.5) is 5.95 Å². The van der Waals surface area contributed by atoms with Gasteiger partial charge in [-0.15, -0.1) is 0 Å². The van der Waals surface area contributed by atoms with E-state index in [2.05, 4.69) is 59.6 Å². The van der Waals surface area contributed by atoms with Crippen LogP contribution in [0.1, 0.15) is 56.6 Å². The first-order valence-electron chi connectivity index (χ1n) is 12.3. The molecule has 0 aliphatic carbocycles. The number of fused-ring (bicyclic) bond motifs is 1. The van der Waals surface area contributed by atoms with Gasteiger partial charge in [0.2, 0.25) is 5.95 Å². The largest absolute Gasteiger partial charge is 0.485 e. The summed E-state index contributed by atoms with van der Waals surface area (Å²) in [6.07, 6.45) is 1.60. The fourth-order valence-corrected chi connectivity index (χ4v) is 6.26. The molecule has 192 valence electrons. The van der Waals surface area contributed by atoms with Crippen LogP contribution in [-0.4, -0.2) is 33.4 Å². The molecule has 1 spiro atoms. The number of halogens is 2. The number of hydrogen-bond acceptors (Lipinski definition) is 7. The Morgan fingerprint density at radius 3 is 2.54 bits per heavy atom. The van der Waals surface area contributed by atoms with E-state index in [0.717, 1.165) is 18.6 Å². The molecule has 1 saturated heterocycles. The Labute approximate surface area is 232 Å². The van der Waals surface area contributed by atoms with Gasteiger partial charge in [-0.05, 0) is 39.8 Å². The smallest absolute Gasteiger partial charge is 0.226 e. The molecular weight excluding hydrogens is 525 g/mol. The fourth-order valence-electron chi connectivity index (χ4n) is 5.06. The van der Waals surface area contributed by atoms with Gasteiger partial charge >= 0.3 is 0 Å². The van der Waals surface area contributed by atoms with Crippen LogP contribution in [0.5, 0.6) is 5.75 Å². The summed E-state index contributed by atoms with van der Waals surface area (Å²) in [6, 6.07) is 16.0. The van der Waals surface area contributed by atoms with E-state index in [4.69, 9.17) is 32.9 Å². The average molecular weight is 555 g/mol. The second-order valence-electron chi connectivity index (χ2n) is 10.5. The summed E-state index contributed by atoms with van der Waals surface area (Å²) in [6.45, 7) is 9.92. The summed E-state index contributed by atoms with van der Waals surface area (Å²) in [5, 5.41) is 10.8. The molecule has 0 amide bonds. The third kappa shape index (κ3) is 5.00. The molecule has 2 aliphatic rings. The number of nitrogens with one attached hydrogen (secondary N) is 1. The Morgan fingerprint density at radius 2 is 1.84 bits per heavy atom. The number of aromatic nitrogens is 2. The van der Waals surface area contributed by atoms with Crippen molar-refractivity contribution in [2.24, 2.45) is 0 Å². The lowest BCUT2D eigenvalue weighted by atomic mass is 9.83. The van der Waals surface area contributed by atoms with Gasteiger partial charge in [0.05, 0.1) is 21.8 Å². The molecular formula is C28H29Cl2N5OS. The third-order valence-electron chi connectivity index (χ3n) is 6.85. The van der Waals surface area contributed by atoms with Gasteiger partial charge in [0, 0.05) is 47.4 Å². The van der Waals surface area contributed by atoms with E-state index >= 15 is 0 Å². The molecule has 2 aromatic carbocycles. The van der Waals surface area contributed by atoms with Gasteiger partial charge in [0.1, 0.15) is 17.4 Å². The second-order valence-corrected chi connectivity index (χ2v) is 13.0. The lowest BCUT2D eigenvalue weighted by Crippen LogP contribution is -2.52. The maximum Gasteiger partial charge on any atom is 0.226 e. The van der Waals surface area contributed by atoms with Crippen molar-refractivity contribution in [3.8, 4) is 22.9 Å². The predicted molar refractivity (Wildman–Crippen MR) is 151 cm³/mol. The topological polar surface area (TPSA) is 74.1 Å². The maximum atomic E-state index is 9.95. The highest BCUT2D eigenvalue weighted by atomic mass is 35.5. The number of nitrogens with zero attached hydrogens (tertiary/aromatic N) is 4. The predicted octanol–water partition coefficient (Wildman–Crippen LogP) is 7.14. The van der Waals surface area contributed by atoms with Crippen LogP contribution in [-0.2, 0) is 0 Å². The van der Waals surface area contributed by atoms with E-state index in [0.29, 0.717) is 45.9 Å². The first kappa shape index (κ1) is 26.1. The number of para-hydroxylation sites is 1. The summed E-state index contributed by atoms with van der Waals surface area (Å²) in [5.74, 6) is 1.50. The molecule has 2 aliphatic heterocycles. The molecule has 3 aromatic rings. The van der Waals surface area contributed by atoms with Crippen LogP contribution in [0, 0.1) is 18.3 Å². The van der Waals surface area contributed by atoms with Crippen molar-refractivity contribution < 1.29 is 4.74 Å². The molecule has 0 bridgehead atoms. The Bertz CT molecular complexity index is 1380. The number of anilines is 1. The van der Waals surface area contributed by atoms with E-state index in [9.17, 15) is 5.26 Å². The van der Waals surface area contributed by atoms with Crippen LogP contribution < -0.4 is 14.4 Å². The molecule has 5 rings (SSSR count). The number of piperidine rings is 1. The molecule has 0 radical (unpaired) electrons. The monoisotopic (exact) mass is 553 g/mol. The molecule has 6 nitrogen and oxygen atoms in total. The third-order valence-corrected chi connectivity index (χ3v) is 8.63. The van der Waals surface area contributed by atoms with E-state index in [-0.39, 0.29) is 22.1 Å². The number of nitriles is 1. The number of benzene rings is 2. The van der Waals surface area contributed by atoms with E-state index in [1.54, 1.807) is 18.0 Å². The Kier molecular flexibility index (Phi) is 7.06. The van der Waals surface area contributed by atoms with Crippen molar-refractivity contribution in [1.82, 2.24) is 14.7 Å². The normalized spacial score (nSPS) is 18.4. The minimum absolute atomic E-state index is 0.0755. The lowest BCUT2D eigenvalue weighted by Gasteiger charge is -2.42. The van der Waals surface area contributed by atoms with Crippen molar-refractivity contribution in [3.05, 3.63) is 69.5 Å². The van der Waals surface area contributed by atoms with Gasteiger partial charge in [-0.2, -0.15) is 5.26 Å². The van der Waals surface area contributed by atoms with Gasteiger partial charge < -0.3 is 9.64 Å². The lowest BCUT2D eigenvalue weighted by molar-refractivity contribution is 0.0387. The SMILES string of the molecule is Cc1nc(N2CCC3(CC2)Oc2ccccc2[C@@H]3NSC(C)(C)C)nc(C#N)c1-c1cccc(Cl)c1Cl. The highest BCUT2D eigenvalue weighted by Gasteiger charge is 2.50. The van der Waals surface area contributed by atoms with E-state index in [1.807, 2.05) is 25.1 Å². The number of aryl methyl sites for hydroxylation is 1. The average Bonchev–Trinajstić information content (AvgIpc) is 3.16. The summed E-state index contributed by atoms with van der Waals surface area (Å²) < 4.78 is 10.5. The highest BCUT2D eigenvalue weighted by Crippen LogP contribution is 2.50. The zero-order chi connectivity index (χ0) is 26.4. The van der Waals surface area contributed by atoms with Crippen LogP contribution in [0.3, 0.4) is 0 Å². The van der Waals surface area contributed by atoms with Gasteiger partial charge in [0.25, 0.3) is 0 Å². The molecule has 1 atom stereocenters. The van der Waals surface area contributed by atoms with Gasteiger partial charge in [-0.3, -0.25) is 4.72 Å². The van der Waals surface area contributed by atoms with Crippen LogP contribution in [0.2, 0.25) is 10.0 Å². The van der Waals surface area contributed by atoms with Crippen molar-refractivity contribution in [2.45, 2.75) is 56.9 Å². The first-order chi connectivity index (χ1) is 17.6. The molecule has 0 unspecified atom stereocenters. The molecule has 1 N–H and O–H groups in total. The fraction of sp³-hybridized carbons (Fsp3) is 0.393. The highest BCUT2D eigenvalue weighted by molar-refractivity contribution is 7.98. The van der Waals surface area contributed by atoms with E-state index in [1.165, 1.54) is 5.56 Å². The Morgan fingerprint density at radius 1 is 1.11 bits per heavy atom. The molecule has 1 aromatic heterocycles. The molecule has 37 heavy (non-hydrogen) atoms. The van der Waals surface area contributed by atoms with Gasteiger partial charge in [0.15, 0.2) is 5.69 Å². The minimum Gasteiger partial charge on any atom is -0.485 e. The Hall–Kier alpha value is -2.50. The summed E-state index contributed by atoms with van der Waals surface area (Å²) >= 11 is 14.4. The van der Waals surface area contributed by atoms with Crippen LogP contribution in [0.25, 0.3) is 11.1 Å². The first-order valence-corrected chi connectivity index (χ1v) is 13.9. The summed E-state index contributed by atoms with van der Waals surface area (Å²) in [5.41, 5.74) is 3.11. The number of rotatable bonds is 4. The van der Waals surface area contributed by atoms with Crippen molar-refractivity contribution >= 4 is 41.1 Å². The Balaban J connectivity index is 1.41. The number of hydrogen-bond donors (Lipinski definition) is 1. The quantitative estimate of drug-likeness (QED) is 0.344. The second kappa shape index (κ2) is 9.99. The minimum atomic E-state index is -0.347. The van der Waals surface area contributed by atoms with Crippen molar-refractivity contribution in [2.75, 3.05) is 18.0 Å². The van der Waals surface area contributed by atoms with Crippen LogP contribution in [0.15, 0.2) is 42.5 Å². The zero-order valence-corrected chi connectivity index (χ0v) is 23.6. The van der Waals surface area contributed by atoms with Crippen molar-refractivity contribution in [1.29, 1.82) is 5.26 Å². The van der Waals surface area contributed by atoms with Crippen LogP contribution >= 0.6 is 35.1 Å². The summed E-state index contributed by atoms with van der Waals surface area (Å²) in [7, 11) is 0. The maximum absolute atomic E-state index is 9.95. The van der Waals surface area contributed by atoms with Gasteiger partial charge in [-0.1, -0.05) is 65.5 Å². The zero-order valence-electron chi connectivity index (χ0n) is 21.3. The molecule has 9 heteroatoms. The van der Waals surface area contributed by atoms with E-state index < -0.39 is 0 Å². The standard InChI is InChI=1S/C28H29Cl2N5OS/c1-17-23(19-9-7-10-20(29)24(19)30)21(16-31)33-26(32-17)35-14-12-28(13-15-35)25(34-37-27(2,3)4)18-8-5-6-11-22(18)36-28/h5-11,25,34H,12-15H2,1-4H3/t25-/m0/s1.